The Morgan fingerprint density at radius 2 is 1.93 bits per heavy atom. The van der Waals surface area contributed by atoms with Crippen LogP contribution in [0, 0.1) is 5.82 Å². The van der Waals surface area contributed by atoms with E-state index in [1.165, 1.54) is 17.5 Å². The Hall–Kier alpha value is -2.54. The molecule has 0 bridgehead atoms. The molecule has 1 saturated heterocycles. The third-order valence-corrected chi connectivity index (χ3v) is 7.57. The van der Waals surface area contributed by atoms with Crippen molar-refractivity contribution < 1.29 is 31.9 Å². The molecule has 0 aliphatic carbocycles. The number of nitrogens with zero attached hydrogens (tertiary/aromatic N) is 1. The Labute approximate surface area is 170 Å². The fourth-order valence-electron chi connectivity index (χ4n) is 2.71. The number of methoxy groups -OCH3 is 1. The zero-order chi connectivity index (χ0) is 21.2. The fraction of sp³-hybridized carbons (Fsp3) is 0.294. The lowest BCUT2D eigenvalue weighted by molar-refractivity contribution is 0.0731. The van der Waals surface area contributed by atoms with Gasteiger partial charge in [-0.15, -0.1) is 11.3 Å². The monoisotopic (exact) mass is 443 g/mol. The Balaban J connectivity index is 1.93. The van der Waals surface area contributed by atoms with Crippen LogP contribution in [0.3, 0.4) is 0 Å². The van der Waals surface area contributed by atoms with Crippen LogP contribution in [0.25, 0.3) is 0 Å². The summed E-state index contributed by atoms with van der Waals surface area (Å²) in [7, 11) is -2.60. The molecule has 156 valence electrons. The van der Waals surface area contributed by atoms with Gasteiger partial charge < -0.3 is 20.5 Å². The highest BCUT2D eigenvalue weighted by atomic mass is 32.2. The SMILES string of the molecule is COc1cc(F)ccc1C(=O)Nc1sc(S(=O)(=O)N2CCOCC2)cc1C(N)=O. The number of thiophene rings is 1. The van der Waals surface area contributed by atoms with Gasteiger partial charge in [-0.1, -0.05) is 0 Å². The van der Waals surface area contributed by atoms with E-state index in [0.29, 0.717) is 11.3 Å². The molecule has 0 unspecified atom stereocenters. The molecule has 2 aromatic rings. The highest BCUT2D eigenvalue weighted by molar-refractivity contribution is 7.91. The van der Waals surface area contributed by atoms with E-state index in [9.17, 15) is 22.4 Å². The number of nitrogens with one attached hydrogen (secondary N) is 1. The third-order valence-electron chi connectivity index (χ3n) is 4.17. The minimum absolute atomic E-state index is 0.00954. The van der Waals surface area contributed by atoms with Crippen molar-refractivity contribution in [2.75, 3.05) is 38.7 Å². The number of carbonyl (C=O) groups excluding carboxylic acids is 2. The van der Waals surface area contributed by atoms with Gasteiger partial charge in [-0.05, 0) is 18.2 Å². The van der Waals surface area contributed by atoms with Crippen LogP contribution < -0.4 is 15.8 Å². The van der Waals surface area contributed by atoms with Gasteiger partial charge in [0.15, 0.2) is 0 Å². The van der Waals surface area contributed by atoms with Gasteiger partial charge in [0.05, 0.1) is 31.5 Å². The molecule has 29 heavy (non-hydrogen) atoms. The smallest absolute Gasteiger partial charge is 0.260 e. The molecule has 2 heterocycles. The lowest BCUT2D eigenvalue weighted by atomic mass is 10.2. The Morgan fingerprint density at radius 1 is 1.24 bits per heavy atom. The van der Waals surface area contributed by atoms with Crippen molar-refractivity contribution in [3.05, 3.63) is 41.2 Å². The summed E-state index contributed by atoms with van der Waals surface area (Å²) in [5, 5.41) is 2.44. The average molecular weight is 443 g/mol. The van der Waals surface area contributed by atoms with E-state index in [1.54, 1.807) is 0 Å². The molecule has 1 aromatic heterocycles. The first-order chi connectivity index (χ1) is 13.7. The first kappa shape index (κ1) is 21.2. The summed E-state index contributed by atoms with van der Waals surface area (Å²) in [6.07, 6.45) is 0. The van der Waals surface area contributed by atoms with E-state index in [1.807, 2.05) is 0 Å². The number of ether oxygens (including phenoxy) is 2. The van der Waals surface area contributed by atoms with Crippen molar-refractivity contribution in [3.63, 3.8) is 0 Å². The predicted molar refractivity (Wildman–Crippen MR) is 103 cm³/mol. The molecule has 0 radical (unpaired) electrons. The summed E-state index contributed by atoms with van der Waals surface area (Å²) in [6, 6.07) is 4.46. The number of morpholine rings is 1. The van der Waals surface area contributed by atoms with Crippen molar-refractivity contribution in [2.45, 2.75) is 4.21 Å². The second-order valence-corrected chi connectivity index (χ2v) is 9.20. The van der Waals surface area contributed by atoms with Gasteiger partial charge in [-0.25, -0.2) is 12.8 Å². The molecular formula is C17H18FN3O6S2. The number of sulfonamides is 1. The number of amides is 2. The lowest BCUT2D eigenvalue weighted by Crippen LogP contribution is -2.40. The van der Waals surface area contributed by atoms with Gasteiger partial charge >= 0.3 is 0 Å². The molecule has 3 N–H and O–H groups in total. The highest BCUT2D eigenvalue weighted by Gasteiger charge is 2.30. The summed E-state index contributed by atoms with van der Waals surface area (Å²) in [5.74, 6) is -2.21. The van der Waals surface area contributed by atoms with Gasteiger partial charge in [-0.2, -0.15) is 4.31 Å². The highest BCUT2D eigenvalue weighted by Crippen LogP contribution is 2.34. The standard InChI is InChI=1S/C17H18FN3O6S2/c1-26-13-8-10(18)2-3-11(13)16(23)20-17-12(15(19)22)9-14(28-17)29(24,25)21-4-6-27-7-5-21/h2-3,8-9H,4-7H2,1H3,(H2,19,22)(H,20,23). The van der Waals surface area contributed by atoms with Crippen molar-refractivity contribution in [3.8, 4) is 5.75 Å². The van der Waals surface area contributed by atoms with Crippen molar-refractivity contribution in [1.82, 2.24) is 4.31 Å². The van der Waals surface area contributed by atoms with Crippen molar-refractivity contribution >= 4 is 38.2 Å². The summed E-state index contributed by atoms with van der Waals surface area (Å²) >= 11 is 0.710. The van der Waals surface area contributed by atoms with E-state index in [2.05, 4.69) is 5.32 Å². The second-order valence-electron chi connectivity index (χ2n) is 5.99. The zero-order valence-electron chi connectivity index (χ0n) is 15.3. The fourth-order valence-corrected chi connectivity index (χ4v) is 5.64. The minimum atomic E-state index is -3.88. The first-order valence-corrected chi connectivity index (χ1v) is 10.7. The number of benzene rings is 1. The molecule has 1 fully saturated rings. The summed E-state index contributed by atoms with van der Waals surface area (Å²) < 4.78 is 50.3. The third kappa shape index (κ3) is 4.40. The van der Waals surface area contributed by atoms with Crippen LogP contribution in [0.1, 0.15) is 20.7 Å². The normalized spacial score (nSPS) is 15.1. The molecule has 2 amide bonds. The summed E-state index contributed by atoms with van der Waals surface area (Å²) in [5.41, 5.74) is 5.22. The number of rotatable bonds is 6. The van der Waals surface area contributed by atoms with Crippen LogP contribution in [0.2, 0.25) is 0 Å². The predicted octanol–water partition coefficient (Wildman–Crippen LogP) is 1.27. The number of primary amides is 1. The van der Waals surface area contributed by atoms with Gasteiger partial charge in [0, 0.05) is 19.2 Å². The van der Waals surface area contributed by atoms with Crippen LogP contribution in [0.4, 0.5) is 9.39 Å². The van der Waals surface area contributed by atoms with Crippen molar-refractivity contribution in [1.29, 1.82) is 0 Å². The van der Waals surface area contributed by atoms with Gasteiger partial charge in [0.25, 0.3) is 21.8 Å². The number of anilines is 1. The first-order valence-electron chi connectivity index (χ1n) is 8.40. The zero-order valence-corrected chi connectivity index (χ0v) is 16.9. The molecule has 3 rings (SSSR count). The van der Waals surface area contributed by atoms with Crippen LogP contribution in [0.5, 0.6) is 5.75 Å². The second kappa shape index (κ2) is 8.45. The van der Waals surface area contributed by atoms with Crippen LogP contribution in [-0.4, -0.2) is 58.0 Å². The molecule has 0 spiro atoms. The van der Waals surface area contributed by atoms with E-state index in [4.69, 9.17) is 15.2 Å². The number of halogens is 1. The van der Waals surface area contributed by atoms with Gasteiger partial charge in [-0.3, -0.25) is 9.59 Å². The largest absolute Gasteiger partial charge is 0.496 e. The topological polar surface area (TPSA) is 128 Å². The summed E-state index contributed by atoms with van der Waals surface area (Å²) in [6.45, 7) is 0.893. The quantitative estimate of drug-likeness (QED) is 0.692. The average Bonchev–Trinajstić information content (AvgIpc) is 3.13. The van der Waals surface area contributed by atoms with E-state index in [0.717, 1.165) is 18.2 Å². The van der Waals surface area contributed by atoms with Crippen LogP contribution in [-0.2, 0) is 14.8 Å². The summed E-state index contributed by atoms with van der Waals surface area (Å²) in [4.78, 5) is 24.4. The number of hydrogen-bond acceptors (Lipinski definition) is 7. The van der Waals surface area contributed by atoms with Crippen LogP contribution in [0.15, 0.2) is 28.5 Å². The number of hydrogen-bond donors (Lipinski definition) is 2. The van der Waals surface area contributed by atoms with Gasteiger partial charge in [0.1, 0.15) is 20.8 Å². The molecule has 0 saturated carbocycles. The molecule has 1 aliphatic heterocycles. The molecular weight excluding hydrogens is 425 g/mol. The molecule has 0 atom stereocenters. The molecule has 12 heteroatoms. The number of carbonyl (C=O) groups is 2. The minimum Gasteiger partial charge on any atom is -0.496 e. The van der Waals surface area contributed by atoms with Gasteiger partial charge in [0.2, 0.25) is 0 Å². The maximum Gasteiger partial charge on any atom is 0.260 e. The maximum absolute atomic E-state index is 13.4. The Morgan fingerprint density at radius 3 is 2.55 bits per heavy atom. The molecule has 1 aliphatic rings. The van der Waals surface area contributed by atoms with Crippen molar-refractivity contribution in [2.24, 2.45) is 5.73 Å². The number of nitrogens with two attached hydrogens (primary N) is 1. The maximum atomic E-state index is 13.4. The van der Waals surface area contributed by atoms with E-state index < -0.39 is 27.7 Å². The Bertz CT molecular complexity index is 1050. The molecule has 1 aromatic carbocycles. The lowest BCUT2D eigenvalue weighted by Gasteiger charge is -2.25. The van der Waals surface area contributed by atoms with E-state index in [-0.39, 0.29) is 52.4 Å². The van der Waals surface area contributed by atoms with Crippen LogP contribution >= 0.6 is 11.3 Å². The Kier molecular flexibility index (Phi) is 6.17. The van der Waals surface area contributed by atoms with E-state index >= 15 is 0 Å². The molecule has 9 nitrogen and oxygen atoms in total.